The Hall–Kier alpha value is -1.20. The SMILES string of the molecule is CC1(C)CNCCN1.Nc1ncccn1. The third kappa shape index (κ3) is 5.29. The van der Waals surface area contributed by atoms with Gasteiger partial charge in [-0.15, -0.1) is 0 Å². The lowest BCUT2D eigenvalue weighted by molar-refractivity contribution is 0.323. The molecule has 2 rings (SSSR count). The van der Waals surface area contributed by atoms with Gasteiger partial charge in [-0.25, -0.2) is 9.97 Å². The van der Waals surface area contributed by atoms with Gasteiger partial charge in [-0.2, -0.15) is 0 Å². The van der Waals surface area contributed by atoms with E-state index in [9.17, 15) is 0 Å². The molecule has 1 aliphatic rings. The van der Waals surface area contributed by atoms with E-state index in [0.717, 1.165) is 19.6 Å². The van der Waals surface area contributed by atoms with Gasteiger partial charge in [0, 0.05) is 37.6 Å². The van der Waals surface area contributed by atoms with Crippen molar-refractivity contribution >= 4 is 5.95 Å². The average Bonchev–Trinajstić information content (AvgIpc) is 2.19. The fraction of sp³-hybridized carbons (Fsp3) is 0.600. The summed E-state index contributed by atoms with van der Waals surface area (Å²) in [4.78, 5) is 7.29. The fourth-order valence-corrected chi connectivity index (χ4v) is 1.26. The minimum absolute atomic E-state index is 0.318. The van der Waals surface area contributed by atoms with Gasteiger partial charge in [0.1, 0.15) is 0 Å². The third-order valence-corrected chi connectivity index (χ3v) is 2.06. The number of anilines is 1. The second-order valence-corrected chi connectivity index (χ2v) is 4.09. The van der Waals surface area contributed by atoms with Crippen LogP contribution in [0, 0.1) is 0 Å². The molecular weight excluding hydrogens is 190 g/mol. The Morgan fingerprint density at radius 2 is 1.93 bits per heavy atom. The maximum absolute atomic E-state index is 5.14. The van der Waals surface area contributed by atoms with Crippen LogP contribution in [0.15, 0.2) is 18.5 Å². The van der Waals surface area contributed by atoms with E-state index in [4.69, 9.17) is 5.73 Å². The summed E-state index contributed by atoms with van der Waals surface area (Å²) in [5.41, 5.74) is 5.45. The van der Waals surface area contributed by atoms with Crippen LogP contribution in [0.4, 0.5) is 5.95 Å². The summed E-state index contributed by atoms with van der Waals surface area (Å²) in [6.07, 6.45) is 3.20. The fourth-order valence-electron chi connectivity index (χ4n) is 1.26. The molecule has 15 heavy (non-hydrogen) atoms. The monoisotopic (exact) mass is 209 g/mol. The number of hydrogen-bond acceptors (Lipinski definition) is 5. The van der Waals surface area contributed by atoms with E-state index in [1.807, 2.05) is 0 Å². The lowest BCUT2D eigenvalue weighted by Gasteiger charge is -2.31. The lowest BCUT2D eigenvalue weighted by atomic mass is 10.0. The van der Waals surface area contributed by atoms with Crippen LogP contribution >= 0.6 is 0 Å². The lowest BCUT2D eigenvalue weighted by Crippen LogP contribution is -2.55. The highest BCUT2D eigenvalue weighted by molar-refractivity contribution is 5.11. The molecule has 84 valence electrons. The molecule has 0 amide bonds. The molecule has 0 unspecified atom stereocenters. The van der Waals surface area contributed by atoms with E-state index in [0.29, 0.717) is 11.5 Å². The van der Waals surface area contributed by atoms with Gasteiger partial charge in [-0.3, -0.25) is 0 Å². The van der Waals surface area contributed by atoms with Crippen molar-refractivity contribution in [3.05, 3.63) is 18.5 Å². The first-order valence-electron chi connectivity index (χ1n) is 5.08. The van der Waals surface area contributed by atoms with Crippen molar-refractivity contribution in [1.82, 2.24) is 20.6 Å². The molecular formula is C10H19N5. The molecule has 5 heteroatoms. The van der Waals surface area contributed by atoms with E-state index in [2.05, 4.69) is 34.4 Å². The molecule has 1 aromatic heterocycles. The second-order valence-electron chi connectivity index (χ2n) is 4.09. The molecule has 1 aliphatic heterocycles. The Labute approximate surface area is 90.5 Å². The molecule has 5 nitrogen and oxygen atoms in total. The quantitative estimate of drug-likeness (QED) is 0.561. The number of nitrogens with two attached hydrogens (primary N) is 1. The van der Waals surface area contributed by atoms with Crippen molar-refractivity contribution in [1.29, 1.82) is 0 Å². The first-order chi connectivity index (χ1) is 7.10. The molecule has 0 bridgehead atoms. The summed E-state index contributed by atoms with van der Waals surface area (Å²) in [6.45, 7) is 7.72. The zero-order valence-corrected chi connectivity index (χ0v) is 9.33. The van der Waals surface area contributed by atoms with Gasteiger partial charge in [-0.05, 0) is 19.9 Å². The number of piperazine rings is 1. The van der Waals surface area contributed by atoms with Crippen molar-refractivity contribution < 1.29 is 0 Å². The number of nitrogens with one attached hydrogen (secondary N) is 2. The Morgan fingerprint density at radius 3 is 2.20 bits per heavy atom. The number of nitrogens with zero attached hydrogens (tertiary/aromatic N) is 2. The molecule has 1 saturated heterocycles. The summed E-state index contributed by atoms with van der Waals surface area (Å²) in [5.74, 6) is 0.322. The first kappa shape index (κ1) is 11.9. The predicted octanol–water partition coefficient (Wildman–Crippen LogP) is 0.0166. The van der Waals surface area contributed by atoms with E-state index in [-0.39, 0.29) is 0 Å². The van der Waals surface area contributed by atoms with Crippen LogP contribution in [0.25, 0.3) is 0 Å². The molecule has 4 N–H and O–H groups in total. The summed E-state index contributed by atoms with van der Waals surface area (Å²) >= 11 is 0. The molecule has 0 atom stereocenters. The van der Waals surface area contributed by atoms with Gasteiger partial charge in [0.15, 0.2) is 0 Å². The van der Waals surface area contributed by atoms with Gasteiger partial charge >= 0.3 is 0 Å². The van der Waals surface area contributed by atoms with E-state index in [1.165, 1.54) is 0 Å². The van der Waals surface area contributed by atoms with Crippen molar-refractivity contribution in [2.24, 2.45) is 0 Å². The van der Waals surface area contributed by atoms with Crippen molar-refractivity contribution in [3.8, 4) is 0 Å². The number of hydrogen-bond donors (Lipinski definition) is 3. The van der Waals surface area contributed by atoms with Crippen LogP contribution in [-0.4, -0.2) is 35.1 Å². The van der Waals surface area contributed by atoms with Crippen LogP contribution in [0.1, 0.15) is 13.8 Å². The molecule has 0 saturated carbocycles. The zero-order chi connectivity index (χ0) is 11.1. The average molecular weight is 209 g/mol. The Balaban J connectivity index is 0.000000151. The molecule has 0 aliphatic carbocycles. The third-order valence-electron chi connectivity index (χ3n) is 2.06. The minimum atomic E-state index is 0.318. The second kappa shape index (κ2) is 5.63. The number of nitrogen functional groups attached to an aromatic ring is 1. The summed E-state index contributed by atoms with van der Waals surface area (Å²) in [7, 11) is 0. The molecule has 1 fully saturated rings. The Kier molecular flexibility index (Phi) is 4.45. The summed E-state index contributed by atoms with van der Waals surface area (Å²) < 4.78 is 0. The minimum Gasteiger partial charge on any atom is -0.368 e. The van der Waals surface area contributed by atoms with Gasteiger partial charge in [0.2, 0.25) is 5.95 Å². The zero-order valence-electron chi connectivity index (χ0n) is 9.33. The topological polar surface area (TPSA) is 75.9 Å². The van der Waals surface area contributed by atoms with Crippen molar-refractivity contribution in [3.63, 3.8) is 0 Å². The van der Waals surface area contributed by atoms with Crippen LogP contribution in [0.5, 0.6) is 0 Å². The standard InChI is InChI=1S/C6H14N2.C4H5N3/c1-6(2)5-7-3-4-8-6;5-4-6-2-1-3-7-4/h7-8H,3-5H2,1-2H3;1-3H,(H2,5,6,7). The number of rotatable bonds is 0. The Morgan fingerprint density at radius 1 is 1.27 bits per heavy atom. The van der Waals surface area contributed by atoms with Crippen LogP contribution in [-0.2, 0) is 0 Å². The summed E-state index contributed by atoms with van der Waals surface area (Å²) in [5, 5.41) is 6.71. The van der Waals surface area contributed by atoms with Crippen LogP contribution in [0.2, 0.25) is 0 Å². The molecule has 0 radical (unpaired) electrons. The van der Waals surface area contributed by atoms with Gasteiger partial charge in [0.25, 0.3) is 0 Å². The molecule has 2 heterocycles. The van der Waals surface area contributed by atoms with Gasteiger partial charge < -0.3 is 16.4 Å². The maximum atomic E-state index is 5.14. The smallest absolute Gasteiger partial charge is 0.219 e. The number of aromatic nitrogens is 2. The molecule has 0 spiro atoms. The van der Waals surface area contributed by atoms with E-state index >= 15 is 0 Å². The largest absolute Gasteiger partial charge is 0.368 e. The predicted molar refractivity (Wildman–Crippen MR) is 61.4 cm³/mol. The van der Waals surface area contributed by atoms with Crippen LogP contribution in [0.3, 0.4) is 0 Å². The first-order valence-corrected chi connectivity index (χ1v) is 5.08. The van der Waals surface area contributed by atoms with Crippen LogP contribution < -0.4 is 16.4 Å². The highest BCUT2D eigenvalue weighted by Gasteiger charge is 2.18. The van der Waals surface area contributed by atoms with Gasteiger partial charge in [-0.1, -0.05) is 0 Å². The van der Waals surface area contributed by atoms with E-state index < -0.39 is 0 Å². The Bertz CT molecular complexity index is 264. The maximum Gasteiger partial charge on any atom is 0.219 e. The van der Waals surface area contributed by atoms with Crippen molar-refractivity contribution in [2.75, 3.05) is 25.4 Å². The normalized spacial score (nSPS) is 18.8. The van der Waals surface area contributed by atoms with Gasteiger partial charge in [0.05, 0.1) is 0 Å². The molecule has 0 aromatic carbocycles. The highest BCUT2D eigenvalue weighted by atomic mass is 15.1. The molecule has 1 aromatic rings. The highest BCUT2D eigenvalue weighted by Crippen LogP contribution is 2.00. The van der Waals surface area contributed by atoms with Crippen molar-refractivity contribution in [2.45, 2.75) is 19.4 Å². The summed E-state index contributed by atoms with van der Waals surface area (Å²) in [6, 6.07) is 1.72. The van der Waals surface area contributed by atoms with E-state index in [1.54, 1.807) is 18.5 Å².